The number of amides is 2. The van der Waals surface area contributed by atoms with E-state index >= 15 is 0 Å². The van der Waals surface area contributed by atoms with Gasteiger partial charge in [-0.15, -0.1) is 0 Å². The van der Waals surface area contributed by atoms with Gasteiger partial charge in [0, 0.05) is 16.7 Å². The van der Waals surface area contributed by atoms with Gasteiger partial charge in [0.2, 0.25) is 0 Å². The molecule has 2 amide bonds. The molecule has 2 aliphatic rings. The van der Waals surface area contributed by atoms with Gasteiger partial charge in [-0.1, -0.05) is 23.7 Å². The molecule has 9 heteroatoms. The molecule has 0 aliphatic carbocycles. The highest BCUT2D eigenvalue weighted by molar-refractivity contribution is 9.10. The van der Waals surface area contributed by atoms with Crippen LogP contribution in [0.15, 0.2) is 52.2 Å². The number of carbonyl (C=O) groups excluding carboxylic acids is 2. The first kappa shape index (κ1) is 22.8. The minimum atomic E-state index is -0.904. The lowest BCUT2D eigenvalue weighted by atomic mass is 9.90. The molecule has 0 saturated carbocycles. The molecule has 2 aliphatic heterocycles. The summed E-state index contributed by atoms with van der Waals surface area (Å²) in [5, 5.41) is 17.3. The largest absolute Gasteiger partial charge is 0.509 e. The summed E-state index contributed by atoms with van der Waals surface area (Å²) in [7, 11) is 0. The normalized spacial score (nSPS) is 21.2. The van der Waals surface area contributed by atoms with Crippen molar-refractivity contribution in [2.24, 2.45) is 0 Å². The minimum absolute atomic E-state index is 0.0895. The fourth-order valence-corrected chi connectivity index (χ4v) is 4.73. The number of rotatable bonds is 4. The Bertz CT molecular complexity index is 1160. The van der Waals surface area contributed by atoms with Crippen molar-refractivity contribution in [2.75, 3.05) is 11.9 Å². The van der Waals surface area contributed by atoms with Gasteiger partial charge in [-0.2, -0.15) is 0 Å². The zero-order chi connectivity index (χ0) is 23.2. The van der Waals surface area contributed by atoms with Crippen LogP contribution in [-0.4, -0.2) is 39.0 Å². The van der Waals surface area contributed by atoms with Crippen molar-refractivity contribution < 1.29 is 19.1 Å². The number of nitrogens with one attached hydrogen (secondary N) is 1. The van der Waals surface area contributed by atoms with Crippen molar-refractivity contribution in [1.82, 2.24) is 10.0 Å². The molecule has 0 unspecified atom stereocenters. The van der Waals surface area contributed by atoms with Gasteiger partial charge in [0.05, 0.1) is 17.1 Å². The Labute approximate surface area is 198 Å². The number of aliphatic hydroxyl groups excluding tert-OH is 1. The van der Waals surface area contributed by atoms with Crippen molar-refractivity contribution in [2.45, 2.75) is 38.8 Å². The second-order valence-electron chi connectivity index (χ2n) is 8.19. The molecule has 0 aromatic heterocycles. The molecule has 2 N–H and O–H groups in total. The van der Waals surface area contributed by atoms with Crippen LogP contribution in [0.1, 0.15) is 30.9 Å². The summed E-state index contributed by atoms with van der Waals surface area (Å²) in [6, 6.07) is 9.56. The molecule has 2 aromatic rings. The third kappa shape index (κ3) is 3.80. The highest BCUT2D eigenvalue weighted by Crippen LogP contribution is 2.42. The Hall–Kier alpha value is -2.42. The van der Waals surface area contributed by atoms with Gasteiger partial charge in [-0.05, 0) is 78.0 Å². The molecule has 1 fully saturated rings. The van der Waals surface area contributed by atoms with E-state index in [4.69, 9.17) is 11.6 Å². The second kappa shape index (κ2) is 8.50. The summed E-state index contributed by atoms with van der Waals surface area (Å²) in [6.07, 6.45) is 1.31. The van der Waals surface area contributed by atoms with Gasteiger partial charge >= 0.3 is 0 Å². The van der Waals surface area contributed by atoms with E-state index in [0.717, 1.165) is 6.42 Å². The van der Waals surface area contributed by atoms with Crippen molar-refractivity contribution in [3.8, 4) is 0 Å². The zero-order valence-corrected chi connectivity index (χ0v) is 19.9. The van der Waals surface area contributed by atoms with Crippen LogP contribution in [0, 0.1) is 12.7 Å². The molecule has 0 radical (unpaired) electrons. The number of carbonyl (C=O) groups is 2. The van der Waals surface area contributed by atoms with E-state index < -0.39 is 17.4 Å². The highest BCUT2D eigenvalue weighted by Gasteiger charge is 2.52. The Balaban J connectivity index is 1.71. The Morgan fingerprint density at radius 3 is 2.81 bits per heavy atom. The summed E-state index contributed by atoms with van der Waals surface area (Å²) >= 11 is 9.40. The number of hydrazine groups is 1. The third-order valence-electron chi connectivity index (χ3n) is 6.19. The van der Waals surface area contributed by atoms with E-state index in [0.29, 0.717) is 39.3 Å². The zero-order valence-electron chi connectivity index (χ0n) is 17.6. The smallest absolute Gasteiger partial charge is 0.277 e. The number of aliphatic hydroxyl groups is 1. The SMILES string of the molecule is Cc1c(F)cccc1CN1C(=O)C(C(=O)Nc2ccc(Br)c(Cl)c2)=C(O)[C@@]2(C)CCCN12. The molecule has 0 spiro atoms. The van der Waals surface area contributed by atoms with Gasteiger partial charge < -0.3 is 10.4 Å². The minimum Gasteiger partial charge on any atom is -0.509 e. The maximum absolute atomic E-state index is 14.1. The number of fused-ring (bicyclic) bond motifs is 1. The van der Waals surface area contributed by atoms with Gasteiger partial charge in [0.1, 0.15) is 17.1 Å². The second-order valence-corrected chi connectivity index (χ2v) is 9.46. The van der Waals surface area contributed by atoms with Crippen molar-refractivity contribution >= 4 is 45.0 Å². The number of hydrogen-bond donors (Lipinski definition) is 2. The standard InChI is InChI=1S/C23H22BrClFN3O3/c1-13-14(5-3-6-18(13)26)12-28-22(32)19(20(30)23(2)9-4-10-29(23)28)21(31)27-15-7-8-16(24)17(25)11-15/h3,5-8,11,30H,4,9-10,12H2,1-2H3,(H,27,31)/t23-/m1/s1. The predicted octanol–water partition coefficient (Wildman–Crippen LogP) is 5.11. The molecular weight excluding hydrogens is 501 g/mol. The van der Waals surface area contributed by atoms with Crippen molar-refractivity contribution in [1.29, 1.82) is 0 Å². The van der Waals surface area contributed by atoms with E-state index in [1.54, 1.807) is 49.2 Å². The monoisotopic (exact) mass is 521 g/mol. The maximum atomic E-state index is 14.1. The molecule has 0 bridgehead atoms. The number of benzene rings is 2. The summed E-state index contributed by atoms with van der Waals surface area (Å²) < 4.78 is 14.8. The summed E-state index contributed by atoms with van der Waals surface area (Å²) in [4.78, 5) is 26.6. The van der Waals surface area contributed by atoms with E-state index in [9.17, 15) is 19.1 Å². The van der Waals surface area contributed by atoms with Crippen molar-refractivity contribution in [3.05, 3.63) is 74.2 Å². The molecule has 2 aromatic carbocycles. The van der Waals surface area contributed by atoms with Crippen LogP contribution in [0.3, 0.4) is 0 Å². The lowest BCUT2D eigenvalue weighted by molar-refractivity contribution is -0.160. The summed E-state index contributed by atoms with van der Waals surface area (Å²) in [5.74, 6) is -1.97. The maximum Gasteiger partial charge on any atom is 0.277 e. The first-order chi connectivity index (χ1) is 15.1. The van der Waals surface area contributed by atoms with E-state index in [2.05, 4.69) is 21.2 Å². The average molecular weight is 523 g/mol. The molecule has 168 valence electrons. The van der Waals surface area contributed by atoms with Crippen LogP contribution >= 0.6 is 27.5 Å². The van der Waals surface area contributed by atoms with E-state index in [1.165, 1.54) is 11.1 Å². The summed E-state index contributed by atoms with van der Waals surface area (Å²) in [6.45, 7) is 4.08. The van der Waals surface area contributed by atoms with Crippen LogP contribution in [0.25, 0.3) is 0 Å². The topological polar surface area (TPSA) is 72.9 Å². The number of halogens is 3. The van der Waals surface area contributed by atoms with E-state index in [1.807, 2.05) is 0 Å². The van der Waals surface area contributed by atoms with Gasteiger partial charge in [0.25, 0.3) is 11.8 Å². The summed E-state index contributed by atoms with van der Waals surface area (Å²) in [5.41, 5.74) is 0.240. The average Bonchev–Trinajstić information content (AvgIpc) is 3.14. The predicted molar refractivity (Wildman–Crippen MR) is 123 cm³/mol. The molecule has 1 saturated heterocycles. The van der Waals surface area contributed by atoms with Gasteiger partial charge in [-0.25, -0.2) is 9.40 Å². The van der Waals surface area contributed by atoms with E-state index in [-0.39, 0.29) is 23.7 Å². The third-order valence-corrected chi connectivity index (χ3v) is 7.43. The van der Waals surface area contributed by atoms with Crippen LogP contribution in [0.5, 0.6) is 0 Å². The van der Waals surface area contributed by atoms with Gasteiger partial charge in [0.15, 0.2) is 0 Å². The molecule has 4 rings (SSSR count). The highest BCUT2D eigenvalue weighted by atomic mass is 79.9. The number of nitrogens with zero attached hydrogens (tertiary/aromatic N) is 2. The van der Waals surface area contributed by atoms with Crippen LogP contribution in [0.2, 0.25) is 5.02 Å². The quantitative estimate of drug-likeness (QED) is 0.547. The molecule has 32 heavy (non-hydrogen) atoms. The Kier molecular flexibility index (Phi) is 6.04. The first-order valence-corrected chi connectivity index (χ1v) is 11.3. The molecule has 1 atom stereocenters. The lowest BCUT2D eigenvalue weighted by Gasteiger charge is -2.46. The molecular formula is C23H22BrClFN3O3. The van der Waals surface area contributed by atoms with Crippen LogP contribution in [0.4, 0.5) is 10.1 Å². The number of anilines is 1. The van der Waals surface area contributed by atoms with Crippen LogP contribution in [-0.2, 0) is 16.1 Å². The van der Waals surface area contributed by atoms with Crippen molar-refractivity contribution in [3.63, 3.8) is 0 Å². The Morgan fingerprint density at radius 1 is 1.34 bits per heavy atom. The number of hydrogen-bond acceptors (Lipinski definition) is 4. The van der Waals surface area contributed by atoms with Gasteiger partial charge in [-0.3, -0.25) is 14.6 Å². The first-order valence-electron chi connectivity index (χ1n) is 10.2. The molecule has 6 nitrogen and oxygen atoms in total. The molecule has 2 heterocycles. The fourth-order valence-electron chi connectivity index (χ4n) is 4.30. The fraction of sp³-hybridized carbons (Fsp3) is 0.304. The van der Waals surface area contributed by atoms with Crippen LogP contribution < -0.4 is 5.32 Å². The Morgan fingerprint density at radius 2 is 2.09 bits per heavy atom. The lowest BCUT2D eigenvalue weighted by Crippen LogP contribution is -2.60.